The second-order valence-corrected chi connectivity index (χ2v) is 4.39. The molecule has 0 unspecified atom stereocenters. The molecule has 4 nitrogen and oxygen atoms in total. The van der Waals surface area contributed by atoms with Gasteiger partial charge in [-0.2, -0.15) is 0 Å². The lowest BCUT2D eigenvalue weighted by molar-refractivity contribution is -0.0256. The normalized spacial score (nSPS) is 20.7. The summed E-state index contributed by atoms with van der Waals surface area (Å²) in [5, 5.41) is 10.6. The van der Waals surface area contributed by atoms with Gasteiger partial charge in [-0.25, -0.2) is 0 Å². The Kier molecular flexibility index (Phi) is 3.12. The summed E-state index contributed by atoms with van der Waals surface area (Å²) in [6.07, 6.45) is 3.11. The van der Waals surface area contributed by atoms with Crippen molar-refractivity contribution < 1.29 is 9.84 Å². The summed E-state index contributed by atoms with van der Waals surface area (Å²) in [7, 11) is 3.67. The van der Waals surface area contributed by atoms with Crippen molar-refractivity contribution >= 4 is 0 Å². The molecule has 1 saturated heterocycles. The SMILES string of the molecule is COc1cccnc1C1(O)CCN(C)CC1. The molecule has 0 spiro atoms. The second kappa shape index (κ2) is 4.39. The topological polar surface area (TPSA) is 45.6 Å². The molecule has 2 rings (SSSR count). The van der Waals surface area contributed by atoms with E-state index in [0.29, 0.717) is 24.3 Å². The zero-order chi connectivity index (χ0) is 11.6. The van der Waals surface area contributed by atoms with Crippen molar-refractivity contribution in [3.8, 4) is 5.75 Å². The molecule has 1 N–H and O–H groups in total. The minimum atomic E-state index is -0.834. The summed E-state index contributed by atoms with van der Waals surface area (Å²) in [6, 6.07) is 3.67. The minimum absolute atomic E-state index is 0.672. The van der Waals surface area contributed by atoms with E-state index in [-0.39, 0.29) is 0 Å². The highest BCUT2D eigenvalue weighted by Gasteiger charge is 2.36. The van der Waals surface area contributed by atoms with E-state index in [1.807, 2.05) is 12.1 Å². The van der Waals surface area contributed by atoms with Gasteiger partial charge in [0, 0.05) is 19.3 Å². The molecule has 0 aliphatic carbocycles. The number of nitrogens with zero attached hydrogens (tertiary/aromatic N) is 2. The van der Waals surface area contributed by atoms with E-state index < -0.39 is 5.60 Å². The van der Waals surface area contributed by atoms with Crippen LogP contribution in [0.15, 0.2) is 18.3 Å². The molecule has 4 heteroatoms. The molecule has 0 amide bonds. The van der Waals surface area contributed by atoms with Crippen LogP contribution in [0.4, 0.5) is 0 Å². The number of methoxy groups -OCH3 is 1. The lowest BCUT2D eigenvalue weighted by Crippen LogP contribution is -2.41. The van der Waals surface area contributed by atoms with Crippen LogP contribution < -0.4 is 4.74 Å². The molecule has 88 valence electrons. The molecule has 0 saturated carbocycles. The van der Waals surface area contributed by atoms with Crippen LogP contribution in [0.25, 0.3) is 0 Å². The first-order valence-electron chi connectivity index (χ1n) is 5.56. The Labute approximate surface area is 95.9 Å². The molecule has 0 atom stereocenters. The number of hydrogen-bond acceptors (Lipinski definition) is 4. The summed E-state index contributed by atoms with van der Waals surface area (Å²) >= 11 is 0. The third kappa shape index (κ3) is 2.03. The van der Waals surface area contributed by atoms with Gasteiger partial charge in [-0.05, 0) is 32.0 Å². The summed E-state index contributed by atoms with van der Waals surface area (Å²) in [5.74, 6) is 0.676. The lowest BCUT2D eigenvalue weighted by atomic mass is 9.87. The van der Waals surface area contributed by atoms with Crippen LogP contribution in [-0.2, 0) is 5.60 Å². The third-order valence-electron chi connectivity index (χ3n) is 3.25. The number of likely N-dealkylation sites (tertiary alicyclic amines) is 1. The molecule has 0 aromatic carbocycles. The van der Waals surface area contributed by atoms with Gasteiger partial charge in [0.15, 0.2) is 0 Å². The maximum absolute atomic E-state index is 10.6. The zero-order valence-corrected chi connectivity index (χ0v) is 9.81. The van der Waals surface area contributed by atoms with Crippen molar-refractivity contribution in [3.63, 3.8) is 0 Å². The fraction of sp³-hybridized carbons (Fsp3) is 0.583. The van der Waals surface area contributed by atoms with Crippen LogP contribution >= 0.6 is 0 Å². The maximum atomic E-state index is 10.6. The number of aromatic nitrogens is 1. The van der Waals surface area contributed by atoms with Crippen LogP contribution in [0.1, 0.15) is 18.5 Å². The number of aliphatic hydroxyl groups is 1. The molecule has 16 heavy (non-hydrogen) atoms. The predicted molar refractivity (Wildman–Crippen MR) is 61.4 cm³/mol. The summed E-state index contributed by atoms with van der Waals surface area (Å²) in [4.78, 5) is 6.49. The molecule has 2 heterocycles. The Balaban J connectivity index is 2.28. The van der Waals surface area contributed by atoms with Gasteiger partial charge < -0.3 is 14.7 Å². The molecule has 1 fully saturated rings. The lowest BCUT2D eigenvalue weighted by Gasteiger charge is -2.36. The van der Waals surface area contributed by atoms with Gasteiger partial charge in [0.1, 0.15) is 17.0 Å². The van der Waals surface area contributed by atoms with Gasteiger partial charge in [0.2, 0.25) is 0 Å². The summed E-state index contributed by atoms with van der Waals surface area (Å²) in [6.45, 7) is 1.77. The Morgan fingerprint density at radius 1 is 1.44 bits per heavy atom. The summed E-state index contributed by atoms with van der Waals surface area (Å²) < 4.78 is 5.25. The molecular weight excluding hydrogens is 204 g/mol. The standard InChI is InChI=1S/C12H18N2O2/c1-14-8-5-12(15,6-9-14)11-10(16-2)4-3-7-13-11/h3-4,7,15H,5-6,8-9H2,1-2H3. The number of ether oxygens (including phenoxy) is 1. The smallest absolute Gasteiger partial charge is 0.143 e. The van der Waals surface area contributed by atoms with Crippen LogP contribution in [0.5, 0.6) is 5.75 Å². The average molecular weight is 222 g/mol. The van der Waals surface area contributed by atoms with Gasteiger partial charge in [-0.3, -0.25) is 4.98 Å². The Morgan fingerprint density at radius 2 is 2.12 bits per heavy atom. The van der Waals surface area contributed by atoms with Crippen molar-refractivity contribution in [1.29, 1.82) is 0 Å². The number of piperidine rings is 1. The summed E-state index contributed by atoms with van der Waals surface area (Å²) in [5.41, 5.74) is -0.162. The molecule has 1 aromatic rings. The fourth-order valence-corrected chi connectivity index (χ4v) is 2.13. The van der Waals surface area contributed by atoms with E-state index >= 15 is 0 Å². The van der Waals surface area contributed by atoms with E-state index in [9.17, 15) is 5.11 Å². The van der Waals surface area contributed by atoms with Crippen molar-refractivity contribution in [2.24, 2.45) is 0 Å². The predicted octanol–water partition coefficient (Wildman–Crippen LogP) is 1.00. The number of rotatable bonds is 2. The Bertz CT molecular complexity index is 360. The van der Waals surface area contributed by atoms with Crippen LogP contribution in [-0.4, -0.2) is 42.2 Å². The van der Waals surface area contributed by atoms with Gasteiger partial charge in [-0.1, -0.05) is 0 Å². The first-order chi connectivity index (χ1) is 7.65. The van der Waals surface area contributed by atoms with Crippen LogP contribution in [0.2, 0.25) is 0 Å². The first-order valence-corrected chi connectivity index (χ1v) is 5.56. The van der Waals surface area contributed by atoms with Crippen molar-refractivity contribution in [1.82, 2.24) is 9.88 Å². The maximum Gasteiger partial charge on any atom is 0.143 e. The van der Waals surface area contributed by atoms with Gasteiger partial charge in [-0.15, -0.1) is 0 Å². The molecule has 0 bridgehead atoms. The molecule has 1 aliphatic heterocycles. The zero-order valence-electron chi connectivity index (χ0n) is 9.81. The highest BCUT2D eigenvalue weighted by molar-refractivity contribution is 5.32. The quantitative estimate of drug-likeness (QED) is 0.811. The average Bonchev–Trinajstić information content (AvgIpc) is 2.33. The second-order valence-electron chi connectivity index (χ2n) is 4.39. The van der Waals surface area contributed by atoms with Crippen molar-refractivity contribution in [2.45, 2.75) is 18.4 Å². The third-order valence-corrected chi connectivity index (χ3v) is 3.25. The Morgan fingerprint density at radius 3 is 2.75 bits per heavy atom. The monoisotopic (exact) mass is 222 g/mol. The molecule has 1 aromatic heterocycles. The van der Waals surface area contributed by atoms with E-state index in [1.165, 1.54) is 0 Å². The van der Waals surface area contributed by atoms with Crippen molar-refractivity contribution in [2.75, 3.05) is 27.2 Å². The van der Waals surface area contributed by atoms with E-state index in [1.54, 1.807) is 13.3 Å². The van der Waals surface area contributed by atoms with Gasteiger partial charge in [0.05, 0.1) is 7.11 Å². The van der Waals surface area contributed by atoms with E-state index in [4.69, 9.17) is 4.74 Å². The van der Waals surface area contributed by atoms with Crippen molar-refractivity contribution in [3.05, 3.63) is 24.0 Å². The van der Waals surface area contributed by atoms with E-state index in [2.05, 4.69) is 16.9 Å². The largest absolute Gasteiger partial charge is 0.495 e. The van der Waals surface area contributed by atoms with Crippen LogP contribution in [0, 0.1) is 0 Å². The number of pyridine rings is 1. The fourth-order valence-electron chi connectivity index (χ4n) is 2.13. The highest BCUT2D eigenvalue weighted by atomic mass is 16.5. The molecule has 1 aliphatic rings. The highest BCUT2D eigenvalue weighted by Crippen LogP contribution is 2.35. The minimum Gasteiger partial charge on any atom is -0.495 e. The number of hydrogen-bond donors (Lipinski definition) is 1. The Hall–Kier alpha value is -1.13. The van der Waals surface area contributed by atoms with Gasteiger partial charge in [0.25, 0.3) is 0 Å². The van der Waals surface area contributed by atoms with Crippen LogP contribution in [0.3, 0.4) is 0 Å². The van der Waals surface area contributed by atoms with E-state index in [0.717, 1.165) is 13.1 Å². The first kappa shape index (κ1) is 11.4. The van der Waals surface area contributed by atoms with Gasteiger partial charge >= 0.3 is 0 Å². The molecule has 0 radical (unpaired) electrons. The molecular formula is C12H18N2O2.